The van der Waals surface area contributed by atoms with E-state index < -0.39 is 48.2 Å². The first kappa shape index (κ1) is 22.3. The van der Waals surface area contributed by atoms with Gasteiger partial charge < -0.3 is 20.6 Å². The van der Waals surface area contributed by atoms with Crippen molar-refractivity contribution in [3.05, 3.63) is 53.2 Å². The Morgan fingerprint density at radius 1 is 1.15 bits per heavy atom. The molecule has 0 fully saturated rings. The number of carbonyl (C=O) groups excluding carboxylic acids is 2. The van der Waals surface area contributed by atoms with Gasteiger partial charge in [-0.15, -0.1) is 11.3 Å². The molecule has 4 N–H and O–H groups in total. The lowest BCUT2D eigenvalue weighted by Gasteiger charge is -2.35. The molecular formula is C21H18N4O7S. The summed E-state index contributed by atoms with van der Waals surface area (Å²) >= 11 is 1.36. The number of carboxylic acid groups (broad SMARTS) is 2. The summed E-state index contributed by atoms with van der Waals surface area (Å²) in [5, 5.41) is 31.5. The molecule has 12 heteroatoms. The van der Waals surface area contributed by atoms with Gasteiger partial charge in [0.05, 0.1) is 23.2 Å². The van der Waals surface area contributed by atoms with E-state index in [0.29, 0.717) is 5.01 Å². The first-order chi connectivity index (χ1) is 15.8. The fourth-order valence-electron chi connectivity index (χ4n) is 3.62. The molecule has 3 atom stereocenters. The molecule has 3 aromatic rings. The molecule has 11 nitrogen and oxygen atoms in total. The molecule has 0 bridgehead atoms. The summed E-state index contributed by atoms with van der Waals surface area (Å²) in [6.07, 6.45) is -1.03. The van der Waals surface area contributed by atoms with Crippen LogP contribution in [0.2, 0.25) is 0 Å². The van der Waals surface area contributed by atoms with Crippen LogP contribution in [0.3, 0.4) is 0 Å². The monoisotopic (exact) mass is 470 g/mol. The van der Waals surface area contributed by atoms with Crippen LogP contribution < -0.4 is 10.2 Å². The van der Waals surface area contributed by atoms with Gasteiger partial charge in [0.25, 0.3) is 0 Å². The number of benzene rings is 1. The molecule has 1 aliphatic rings. The summed E-state index contributed by atoms with van der Waals surface area (Å²) in [4.78, 5) is 58.4. The molecule has 0 radical (unpaired) electrons. The third-order valence-corrected chi connectivity index (χ3v) is 6.17. The van der Waals surface area contributed by atoms with Crippen LogP contribution in [0.25, 0.3) is 10.2 Å². The minimum atomic E-state index is -1.76. The molecule has 2 aromatic heterocycles. The second kappa shape index (κ2) is 8.92. The molecule has 0 saturated carbocycles. The zero-order valence-corrected chi connectivity index (χ0v) is 17.7. The number of fused-ring (bicyclic) bond motifs is 2. The van der Waals surface area contributed by atoms with Crippen LogP contribution >= 0.6 is 11.3 Å². The van der Waals surface area contributed by atoms with E-state index in [-0.39, 0.29) is 17.9 Å². The van der Waals surface area contributed by atoms with Crippen LogP contribution in [0.1, 0.15) is 23.1 Å². The topological polar surface area (TPSA) is 170 Å². The van der Waals surface area contributed by atoms with Gasteiger partial charge in [0.2, 0.25) is 11.8 Å². The summed E-state index contributed by atoms with van der Waals surface area (Å²) < 4.78 is 0.908. The van der Waals surface area contributed by atoms with Gasteiger partial charge in [0, 0.05) is 11.8 Å². The highest BCUT2D eigenvalue weighted by Crippen LogP contribution is 2.38. The van der Waals surface area contributed by atoms with Gasteiger partial charge in [-0.3, -0.25) is 19.3 Å². The predicted molar refractivity (Wildman–Crippen MR) is 115 cm³/mol. The number of hydrogen-bond donors (Lipinski definition) is 4. The summed E-state index contributed by atoms with van der Waals surface area (Å²) in [6.45, 7) is -0.0177. The van der Waals surface area contributed by atoms with Crippen molar-refractivity contribution >= 4 is 51.1 Å². The smallest absolute Gasteiger partial charge is 0.326 e. The third-order valence-electron chi connectivity index (χ3n) is 5.15. The summed E-state index contributed by atoms with van der Waals surface area (Å²) in [5.41, 5.74) is 0.957. The minimum Gasteiger partial charge on any atom is -0.481 e. The van der Waals surface area contributed by atoms with Crippen molar-refractivity contribution in [2.75, 3.05) is 4.90 Å². The van der Waals surface area contributed by atoms with E-state index >= 15 is 0 Å². The first-order valence-corrected chi connectivity index (χ1v) is 10.6. The van der Waals surface area contributed by atoms with E-state index in [2.05, 4.69) is 15.3 Å². The lowest BCUT2D eigenvalue weighted by atomic mass is 9.89. The van der Waals surface area contributed by atoms with E-state index in [0.717, 1.165) is 10.2 Å². The Balaban J connectivity index is 1.66. The molecule has 2 unspecified atom stereocenters. The van der Waals surface area contributed by atoms with Gasteiger partial charge in [-0.1, -0.05) is 18.2 Å². The number of aromatic nitrogens is 2. The number of aliphatic carboxylic acids is 2. The number of nitrogens with zero attached hydrogens (tertiary/aromatic N) is 3. The first-order valence-electron chi connectivity index (χ1n) is 9.80. The van der Waals surface area contributed by atoms with Gasteiger partial charge in [0.15, 0.2) is 0 Å². The number of carbonyl (C=O) groups is 4. The number of nitrogens with one attached hydrogen (secondary N) is 1. The van der Waals surface area contributed by atoms with Gasteiger partial charge >= 0.3 is 11.9 Å². The SMILES string of the molecule is O=C(O)C[C@H](NC(=O)C1C(=O)N(Cc2nc3ccccc3s2)c2ncccc2C1O)C(=O)O. The maximum atomic E-state index is 13.3. The molecule has 0 spiro atoms. The van der Waals surface area contributed by atoms with Crippen molar-refractivity contribution in [1.82, 2.24) is 15.3 Å². The van der Waals surface area contributed by atoms with Crippen LogP contribution in [-0.2, 0) is 25.7 Å². The number of aliphatic hydroxyl groups is 1. The zero-order valence-electron chi connectivity index (χ0n) is 16.9. The van der Waals surface area contributed by atoms with Crippen molar-refractivity contribution in [2.45, 2.75) is 25.1 Å². The molecule has 33 heavy (non-hydrogen) atoms. The fraction of sp³-hybridized carbons (Fsp3) is 0.238. The second-order valence-corrected chi connectivity index (χ2v) is 8.45. The highest BCUT2D eigenvalue weighted by molar-refractivity contribution is 7.18. The predicted octanol–water partition coefficient (Wildman–Crippen LogP) is 0.932. The highest BCUT2D eigenvalue weighted by atomic mass is 32.1. The van der Waals surface area contributed by atoms with E-state index in [1.807, 2.05) is 24.3 Å². The van der Waals surface area contributed by atoms with Gasteiger partial charge in [-0.05, 0) is 18.2 Å². The third kappa shape index (κ3) is 4.38. The van der Waals surface area contributed by atoms with E-state index in [1.54, 1.807) is 0 Å². The minimum absolute atomic E-state index is 0.0177. The zero-order chi connectivity index (χ0) is 23.7. The summed E-state index contributed by atoms with van der Waals surface area (Å²) in [6, 6.07) is 8.69. The van der Waals surface area contributed by atoms with E-state index in [4.69, 9.17) is 5.11 Å². The molecule has 170 valence electrons. The molecule has 2 amide bonds. The van der Waals surface area contributed by atoms with Crippen molar-refractivity contribution in [3.63, 3.8) is 0 Å². The number of pyridine rings is 1. The number of rotatable bonds is 7. The van der Waals surface area contributed by atoms with Crippen LogP contribution in [0.4, 0.5) is 5.82 Å². The summed E-state index contributed by atoms with van der Waals surface area (Å²) in [7, 11) is 0. The van der Waals surface area contributed by atoms with Crippen molar-refractivity contribution in [2.24, 2.45) is 5.92 Å². The number of amides is 2. The van der Waals surface area contributed by atoms with Crippen LogP contribution in [0.15, 0.2) is 42.6 Å². The normalized spacial score (nSPS) is 18.6. The Hall–Kier alpha value is -3.90. The maximum Gasteiger partial charge on any atom is 0.326 e. The molecule has 3 heterocycles. The Labute approximate surface area is 190 Å². The number of para-hydroxylation sites is 1. The number of carboxylic acids is 2. The molecule has 0 aliphatic carbocycles. The average molecular weight is 470 g/mol. The van der Waals surface area contributed by atoms with Crippen molar-refractivity contribution in [1.29, 1.82) is 0 Å². The number of thiazole rings is 1. The molecule has 0 saturated heterocycles. The van der Waals surface area contributed by atoms with Crippen molar-refractivity contribution in [3.8, 4) is 0 Å². The second-order valence-electron chi connectivity index (χ2n) is 7.34. The molecular weight excluding hydrogens is 452 g/mol. The summed E-state index contributed by atoms with van der Waals surface area (Å²) in [5.74, 6) is -6.43. The quantitative estimate of drug-likeness (QED) is 0.367. The van der Waals surface area contributed by atoms with Gasteiger partial charge in [0.1, 0.15) is 28.9 Å². The maximum absolute atomic E-state index is 13.3. The number of anilines is 1. The highest BCUT2D eigenvalue weighted by Gasteiger charge is 2.45. The average Bonchev–Trinajstić information content (AvgIpc) is 3.18. The Bertz CT molecular complexity index is 1230. The lowest BCUT2D eigenvalue weighted by molar-refractivity contribution is -0.149. The fourth-order valence-corrected chi connectivity index (χ4v) is 4.58. The van der Waals surface area contributed by atoms with Crippen LogP contribution in [-0.4, -0.2) is 55.1 Å². The van der Waals surface area contributed by atoms with Crippen molar-refractivity contribution < 1.29 is 34.5 Å². The Morgan fingerprint density at radius 3 is 2.61 bits per heavy atom. The number of aliphatic hydroxyl groups excluding tert-OH is 1. The molecule has 1 aliphatic heterocycles. The van der Waals surface area contributed by atoms with E-state index in [1.165, 1.54) is 34.6 Å². The number of hydrogen-bond acceptors (Lipinski definition) is 8. The van der Waals surface area contributed by atoms with Crippen LogP contribution in [0.5, 0.6) is 0 Å². The largest absolute Gasteiger partial charge is 0.481 e. The molecule has 4 rings (SSSR count). The Kier molecular flexibility index (Phi) is 6.03. The van der Waals surface area contributed by atoms with Gasteiger partial charge in [-0.2, -0.15) is 0 Å². The van der Waals surface area contributed by atoms with E-state index in [9.17, 15) is 29.4 Å². The standard InChI is InChI=1S/C21H18N4O7S/c26-15(27)8-12(21(31)32)24-19(29)16-17(28)10-4-3-7-22-18(10)25(20(16)30)9-14-23-11-5-1-2-6-13(11)33-14/h1-7,12,16-17,28H,8-9H2,(H,24,29)(H,26,27)(H,31,32)/t12-,16?,17?/m0/s1. The Morgan fingerprint density at radius 2 is 1.91 bits per heavy atom. The van der Waals surface area contributed by atoms with Crippen LogP contribution in [0, 0.1) is 5.92 Å². The lowest BCUT2D eigenvalue weighted by Crippen LogP contribution is -2.53. The molecule has 1 aromatic carbocycles. The van der Waals surface area contributed by atoms with Gasteiger partial charge in [-0.25, -0.2) is 14.8 Å².